The molecule has 3 nitrogen and oxygen atoms in total. The molecule has 0 radical (unpaired) electrons. The molecule has 1 heterocycles. The van der Waals surface area contributed by atoms with Crippen molar-refractivity contribution >= 4 is 11.0 Å². The second-order valence-electron chi connectivity index (χ2n) is 4.98. The first-order valence-electron chi connectivity index (χ1n) is 7.09. The van der Waals surface area contributed by atoms with Crippen LogP contribution in [0.1, 0.15) is 29.9 Å². The molecule has 108 valence electrons. The number of para-hydroxylation sites is 1. The molecule has 2 aromatic carbocycles. The van der Waals surface area contributed by atoms with Crippen LogP contribution in [0.5, 0.6) is 5.75 Å². The Morgan fingerprint density at radius 2 is 1.95 bits per heavy atom. The third kappa shape index (κ3) is 2.52. The van der Waals surface area contributed by atoms with E-state index in [-0.39, 0.29) is 0 Å². The summed E-state index contributed by atoms with van der Waals surface area (Å²) in [4.78, 5) is 0. The summed E-state index contributed by atoms with van der Waals surface area (Å²) < 4.78 is 11.2. The van der Waals surface area contributed by atoms with Crippen LogP contribution in [-0.4, -0.2) is 11.7 Å². The summed E-state index contributed by atoms with van der Waals surface area (Å²) in [6, 6.07) is 15.3. The van der Waals surface area contributed by atoms with Crippen molar-refractivity contribution in [1.82, 2.24) is 0 Å². The molecule has 1 atom stereocenters. The number of rotatable bonds is 4. The molecule has 3 aromatic rings. The van der Waals surface area contributed by atoms with E-state index < -0.39 is 6.10 Å². The van der Waals surface area contributed by atoms with E-state index in [4.69, 9.17) is 9.15 Å². The first-order valence-corrected chi connectivity index (χ1v) is 7.09. The van der Waals surface area contributed by atoms with Crippen LogP contribution in [-0.2, 0) is 0 Å². The zero-order chi connectivity index (χ0) is 14.8. The largest absolute Gasteiger partial charge is 0.494 e. The van der Waals surface area contributed by atoms with Gasteiger partial charge >= 0.3 is 0 Å². The molecule has 1 unspecified atom stereocenters. The lowest BCUT2D eigenvalue weighted by atomic mass is 9.98. The van der Waals surface area contributed by atoms with E-state index >= 15 is 0 Å². The van der Waals surface area contributed by atoms with Crippen molar-refractivity contribution in [2.24, 2.45) is 0 Å². The highest BCUT2D eigenvalue weighted by Crippen LogP contribution is 2.34. The molecule has 0 spiro atoms. The van der Waals surface area contributed by atoms with E-state index in [0.29, 0.717) is 6.61 Å². The number of benzene rings is 2. The number of hydrogen-bond donors (Lipinski definition) is 1. The van der Waals surface area contributed by atoms with E-state index in [2.05, 4.69) is 0 Å². The fourth-order valence-electron chi connectivity index (χ4n) is 2.64. The Bertz CT molecular complexity index is 758. The zero-order valence-corrected chi connectivity index (χ0v) is 12.2. The van der Waals surface area contributed by atoms with Crippen molar-refractivity contribution < 1.29 is 14.3 Å². The second kappa shape index (κ2) is 5.62. The Balaban J connectivity index is 2.06. The fourth-order valence-corrected chi connectivity index (χ4v) is 2.64. The highest BCUT2D eigenvalue weighted by atomic mass is 16.5. The summed E-state index contributed by atoms with van der Waals surface area (Å²) in [5.41, 5.74) is 2.42. The van der Waals surface area contributed by atoms with Crippen LogP contribution in [0.4, 0.5) is 0 Å². The van der Waals surface area contributed by atoms with Crippen molar-refractivity contribution in [2.75, 3.05) is 6.61 Å². The molecular formula is C18H18O3. The van der Waals surface area contributed by atoms with Gasteiger partial charge in [-0.1, -0.05) is 30.3 Å². The maximum atomic E-state index is 10.7. The quantitative estimate of drug-likeness (QED) is 0.779. The van der Waals surface area contributed by atoms with E-state index in [9.17, 15) is 5.11 Å². The van der Waals surface area contributed by atoms with Gasteiger partial charge in [0.25, 0.3) is 0 Å². The third-order valence-electron chi connectivity index (χ3n) is 3.58. The van der Waals surface area contributed by atoms with Crippen LogP contribution in [0, 0.1) is 6.92 Å². The topological polar surface area (TPSA) is 42.6 Å². The second-order valence-corrected chi connectivity index (χ2v) is 4.98. The average Bonchev–Trinajstić information content (AvgIpc) is 2.83. The highest BCUT2D eigenvalue weighted by molar-refractivity contribution is 5.83. The normalized spacial score (nSPS) is 12.5. The molecular weight excluding hydrogens is 264 g/mol. The van der Waals surface area contributed by atoms with Gasteiger partial charge in [0.1, 0.15) is 23.2 Å². The van der Waals surface area contributed by atoms with E-state index in [1.807, 2.05) is 62.4 Å². The highest BCUT2D eigenvalue weighted by Gasteiger charge is 2.20. The van der Waals surface area contributed by atoms with E-state index in [1.54, 1.807) is 0 Å². The van der Waals surface area contributed by atoms with Crippen LogP contribution >= 0.6 is 0 Å². The minimum Gasteiger partial charge on any atom is -0.494 e. The molecule has 1 aromatic heterocycles. The van der Waals surface area contributed by atoms with Gasteiger partial charge in [-0.2, -0.15) is 0 Å². The number of aliphatic hydroxyl groups excluding tert-OH is 1. The number of furan rings is 1. The maximum absolute atomic E-state index is 10.7. The number of fused-ring (bicyclic) bond motifs is 1. The first-order chi connectivity index (χ1) is 10.2. The van der Waals surface area contributed by atoms with E-state index in [0.717, 1.165) is 33.6 Å². The first kappa shape index (κ1) is 13.7. The van der Waals surface area contributed by atoms with Crippen LogP contribution < -0.4 is 4.74 Å². The van der Waals surface area contributed by atoms with Gasteiger partial charge in [-0.05, 0) is 37.6 Å². The van der Waals surface area contributed by atoms with Gasteiger partial charge in [0.15, 0.2) is 0 Å². The van der Waals surface area contributed by atoms with Crippen molar-refractivity contribution in [3.63, 3.8) is 0 Å². The SMILES string of the molecule is CCOc1cccc(C(O)c2c(C)oc3ccccc23)c1. The predicted octanol–water partition coefficient (Wildman–Crippen LogP) is 4.22. The fraction of sp³-hybridized carbons (Fsp3) is 0.222. The van der Waals surface area contributed by atoms with Gasteiger partial charge in [0.2, 0.25) is 0 Å². The molecule has 3 rings (SSSR count). The van der Waals surface area contributed by atoms with Crippen molar-refractivity contribution in [3.05, 3.63) is 65.4 Å². The molecule has 0 aliphatic rings. The van der Waals surface area contributed by atoms with Gasteiger partial charge in [-0.25, -0.2) is 0 Å². The number of hydrogen-bond acceptors (Lipinski definition) is 3. The average molecular weight is 282 g/mol. The Morgan fingerprint density at radius 1 is 1.14 bits per heavy atom. The van der Waals surface area contributed by atoms with Crippen molar-refractivity contribution in [1.29, 1.82) is 0 Å². The Kier molecular flexibility index (Phi) is 3.67. The van der Waals surface area contributed by atoms with Gasteiger partial charge in [0, 0.05) is 10.9 Å². The summed E-state index contributed by atoms with van der Waals surface area (Å²) in [6.07, 6.45) is -0.728. The monoisotopic (exact) mass is 282 g/mol. The lowest BCUT2D eigenvalue weighted by Gasteiger charge is -2.12. The lowest BCUT2D eigenvalue weighted by molar-refractivity contribution is 0.218. The van der Waals surface area contributed by atoms with Gasteiger partial charge in [-0.3, -0.25) is 0 Å². The minimum atomic E-state index is -0.728. The standard InChI is InChI=1S/C18H18O3/c1-3-20-14-8-6-7-13(11-14)18(19)17-12(2)21-16-10-5-4-9-15(16)17/h4-11,18-19H,3H2,1-2H3. The molecule has 0 aliphatic heterocycles. The predicted molar refractivity (Wildman–Crippen MR) is 82.6 cm³/mol. The lowest BCUT2D eigenvalue weighted by Crippen LogP contribution is -2.01. The third-order valence-corrected chi connectivity index (χ3v) is 3.58. The summed E-state index contributed by atoms with van der Waals surface area (Å²) in [5, 5.41) is 11.7. The summed E-state index contributed by atoms with van der Waals surface area (Å²) in [7, 11) is 0. The van der Waals surface area contributed by atoms with Crippen LogP contribution in [0.15, 0.2) is 52.9 Å². The maximum Gasteiger partial charge on any atom is 0.134 e. The van der Waals surface area contributed by atoms with Crippen LogP contribution in [0.3, 0.4) is 0 Å². The Labute approximate surface area is 123 Å². The molecule has 0 fully saturated rings. The van der Waals surface area contributed by atoms with Crippen LogP contribution in [0.25, 0.3) is 11.0 Å². The van der Waals surface area contributed by atoms with E-state index in [1.165, 1.54) is 0 Å². The molecule has 0 saturated carbocycles. The van der Waals surface area contributed by atoms with Gasteiger partial charge < -0.3 is 14.3 Å². The van der Waals surface area contributed by atoms with Gasteiger partial charge in [0.05, 0.1) is 6.61 Å². The minimum absolute atomic E-state index is 0.604. The summed E-state index contributed by atoms with van der Waals surface area (Å²) in [6.45, 7) is 4.43. The number of aliphatic hydroxyl groups is 1. The number of ether oxygens (including phenoxy) is 1. The Morgan fingerprint density at radius 3 is 2.76 bits per heavy atom. The van der Waals surface area contributed by atoms with Crippen molar-refractivity contribution in [3.8, 4) is 5.75 Å². The zero-order valence-electron chi connectivity index (χ0n) is 12.2. The Hall–Kier alpha value is -2.26. The van der Waals surface area contributed by atoms with Crippen LogP contribution in [0.2, 0.25) is 0 Å². The summed E-state index contributed by atoms with van der Waals surface area (Å²) in [5.74, 6) is 1.50. The number of aryl methyl sites for hydroxylation is 1. The van der Waals surface area contributed by atoms with Gasteiger partial charge in [-0.15, -0.1) is 0 Å². The molecule has 0 saturated heterocycles. The molecule has 3 heteroatoms. The molecule has 0 amide bonds. The molecule has 1 N–H and O–H groups in total. The summed E-state index contributed by atoms with van der Waals surface area (Å²) >= 11 is 0. The van der Waals surface area contributed by atoms with Crippen molar-refractivity contribution in [2.45, 2.75) is 20.0 Å². The smallest absolute Gasteiger partial charge is 0.134 e. The molecule has 0 bridgehead atoms. The molecule has 0 aliphatic carbocycles. The molecule has 21 heavy (non-hydrogen) atoms.